The average molecular weight is 367 g/mol. The number of esters is 1. The van der Waals surface area contributed by atoms with Gasteiger partial charge in [-0.1, -0.05) is 38.1 Å². The van der Waals surface area contributed by atoms with Crippen LogP contribution in [0.3, 0.4) is 0 Å². The van der Waals surface area contributed by atoms with Crippen LogP contribution >= 0.6 is 0 Å². The van der Waals surface area contributed by atoms with Crippen molar-refractivity contribution in [2.45, 2.75) is 26.3 Å². The topological polar surface area (TPSA) is 72.9 Å². The molecule has 1 aliphatic rings. The number of carbonyl (C=O) groups excluding carboxylic acids is 3. The predicted octanol–water partition coefficient (Wildman–Crippen LogP) is 3.31. The fraction of sp³-hybridized carbons (Fsp3) is 0.286. The SMILES string of the molecule is COc1ccccc1OC(=O)[C@H](CC(C)C)N1C(=O)c2ccccc2C1=O. The summed E-state index contributed by atoms with van der Waals surface area (Å²) in [7, 11) is 1.47. The second-order valence-electron chi connectivity index (χ2n) is 6.74. The molecular weight excluding hydrogens is 346 g/mol. The lowest BCUT2D eigenvalue weighted by Crippen LogP contribution is -2.47. The van der Waals surface area contributed by atoms with Gasteiger partial charge in [-0.25, -0.2) is 4.79 Å². The Hall–Kier alpha value is -3.15. The smallest absolute Gasteiger partial charge is 0.334 e. The van der Waals surface area contributed by atoms with E-state index in [1.54, 1.807) is 48.5 Å². The van der Waals surface area contributed by atoms with Crippen molar-refractivity contribution in [2.24, 2.45) is 5.92 Å². The van der Waals surface area contributed by atoms with Gasteiger partial charge in [0, 0.05) is 0 Å². The Labute approximate surface area is 157 Å². The molecule has 1 aliphatic heterocycles. The van der Waals surface area contributed by atoms with Crippen LogP contribution in [-0.4, -0.2) is 35.8 Å². The van der Waals surface area contributed by atoms with Crippen molar-refractivity contribution in [1.82, 2.24) is 4.90 Å². The van der Waals surface area contributed by atoms with Crippen molar-refractivity contribution in [3.63, 3.8) is 0 Å². The van der Waals surface area contributed by atoms with E-state index in [2.05, 4.69) is 0 Å². The Morgan fingerprint density at radius 3 is 1.96 bits per heavy atom. The molecule has 6 heteroatoms. The maximum absolute atomic E-state index is 12.9. The molecule has 6 nitrogen and oxygen atoms in total. The summed E-state index contributed by atoms with van der Waals surface area (Å²) in [5.41, 5.74) is 0.614. The van der Waals surface area contributed by atoms with Gasteiger partial charge in [0.05, 0.1) is 18.2 Å². The highest BCUT2D eigenvalue weighted by Gasteiger charge is 2.43. The summed E-state index contributed by atoms with van der Waals surface area (Å²) >= 11 is 0. The number of hydrogen-bond donors (Lipinski definition) is 0. The van der Waals surface area contributed by atoms with Crippen molar-refractivity contribution in [3.8, 4) is 11.5 Å². The van der Waals surface area contributed by atoms with Crippen molar-refractivity contribution >= 4 is 17.8 Å². The lowest BCUT2D eigenvalue weighted by atomic mass is 10.0. The zero-order valence-electron chi connectivity index (χ0n) is 15.5. The van der Waals surface area contributed by atoms with Crippen molar-refractivity contribution in [1.29, 1.82) is 0 Å². The van der Waals surface area contributed by atoms with E-state index in [0.717, 1.165) is 4.90 Å². The Balaban J connectivity index is 1.92. The monoisotopic (exact) mass is 367 g/mol. The molecule has 2 aromatic rings. The van der Waals surface area contributed by atoms with Crippen LogP contribution in [0.1, 0.15) is 41.0 Å². The standard InChI is InChI=1S/C21H21NO5/c1-13(2)12-16(21(25)27-18-11-7-6-10-17(18)26-3)22-19(23)14-8-4-5-9-15(14)20(22)24/h4-11,13,16H,12H2,1-3H3/t16-/m0/s1. The summed E-state index contributed by atoms with van der Waals surface area (Å²) in [6.07, 6.45) is 0.305. The van der Waals surface area contributed by atoms with Crippen LogP contribution in [0.4, 0.5) is 0 Å². The number of imide groups is 1. The van der Waals surface area contributed by atoms with Crippen molar-refractivity contribution in [3.05, 3.63) is 59.7 Å². The number of para-hydroxylation sites is 2. The normalized spacial score (nSPS) is 14.3. The number of amides is 2. The van der Waals surface area contributed by atoms with Crippen LogP contribution in [0, 0.1) is 5.92 Å². The fourth-order valence-electron chi connectivity index (χ4n) is 3.12. The highest BCUT2D eigenvalue weighted by Crippen LogP contribution is 2.30. The third-order valence-electron chi connectivity index (χ3n) is 4.38. The molecule has 0 spiro atoms. The minimum absolute atomic E-state index is 0.0736. The van der Waals surface area contributed by atoms with Crippen molar-refractivity contribution in [2.75, 3.05) is 7.11 Å². The third kappa shape index (κ3) is 3.56. The Bertz CT molecular complexity index is 855. The molecule has 0 bridgehead atoms. The number of fused-ring (bicyclic) bond motifs is 1. The molecule has 0 aliphatic carbocycles. The van der Waals surface area contributed by atoms with Gasteiger partial charge < -0.3 is 9.47 Å². The second kappa shape index (κ2) is 7.61. The van der Waals surface area contributed by atoms with Crippen LogP contribution in [0.2, 0.25) is 0 Å². The number of nitrogens with zero attached hydrogens (tertiary/aromatic N) is 1. The van der Waals surface area contributed by atoms with Gasteiger partial charge in [-0.15, -0.1) is 0 Å². The fourth-order valence-corrected chi connectivity index (χ4v) is 3.12. The molecule has 0 fully saturated rings. The van der Waals surface area contributed by atoms with Gasteiger partial charge >= 0.3 is 5.97 Å². The van der Waals surface area contributed by atoms with Gasteiger partial charge in [0.15, 0.2) is 11.5 Å². The van der Waals surface area contributed by atoms with Gasteiger partial charge in [-0.3, -0.25) is 14.5 Å². The molecule has 1 heterocycles. The second-order valence-corrected chi connectivity index (χ2v) is 6.74. The van der Waals surface area contributed by atoms with E-state index < -0.39 is 23.8 Å². The zero-order valence-corrected chi connectivity index (χ0v) is 15.5. The number of methoxy groups -OCH3 is 1. The molecule has 0 unspecified atom stereocenters. The molecule has 0 saturated heterocycles. The number of rotatable bonds is 6. The summed E-state index contributed by atoms with van der Waals surface area (Å²) in [6.45, 7) is 3.84. The highest BCUT2D eigenvalue weighted by molar-refractivity contribution is 6.22. The van der Waals surface area contributed by atoms with Gasteiger partial charge in [-0.2, -0.15) is 0 Å². The molecule has 0 radical (unpaired) electrons. The first kappa shape index (κ1) is 18.6. The first-order valence-corrected chi connectivity index (χ1v) is 8.75. The summed E-state index contributed by atoms with van der Waals surface area (Å²) in [5, 5.41) is 0. The third-order valence-corrected chi connectivity index (χ3v) is 4.38. The molecule has 0 N–H and O–H groups in total. The number of ether oxygens (including phenoxy) is 2. The van der Waals surface area contributed by atoms with E-state index in [0.29, 0.717) is 23.3 Å². The summed E-state index contributed by atoms with van der Waals surface area (Å²) < 4.78 is 10.7. The van der Waals surface area contributed by atoms with Crippen LogP contribution in [0.5, 0.6) is 11.5 Å². The molecule has 0 saturated carbocycles. The molecule has 1 atom stereocenters. The average Bonchev–Trinajstić information content (AvgIpc) is 2.91. The van der Waals surface area contributed by atoms with Crippen LogP contribution in [0.15, 0.2) is 48.5 Å². The largest absolute Gasteiger partial charge is 0.493 e. The first-order valence-electron chi connectivity index (χ1n) is 8.75. The van der Waals surface area contributed by atoms with Crippen LogP contribution in [-0.2, 0) is 4.79 Å². The van der Waals surface area contributed by atoms with Gasteiger partial charge in [0.25, 0.3) is 11.8 Å². The minimum Gasteiger partial charge on any atom is -0.493 e. The molecule has 2 aromatic carbocycles. The lowest BCUT2D eigenvalue weighted by molar-refractivity contribution is -0.139. The Morgan fingerprint density at radius 1 is 0.926 bits per heavy atom. The number of carbonyl (C=O) groups is 3. The quantitative estimate of drug-likeness (QED) is 0.445. The van der Waals surface area contributed by atoms with E-state index in [9.17, 15) is 14.4 Å². The summed E-state index contributed by atoms with van der Waals surface area (Å²) in [6, 6.07) is 12.3. The Morgan fingerprint density at radius 2 is 1.44 bits per heavy atom. The predicted molar refractivity (Wildman–Crippen MR) is 98.8 cm³/mol. The van der Waals surface area contributed by atoms with Crippen molar-refractivity contribution < 1.29 is 23.9 Å². The lowest BCUT2D eigenvalue weighted by Gasteiger charge is -2.26. The van der Waals surface area contributed by atoms with Crippen LogP contribution < -0.4 is 9.47 Å². The van der Waals surface area contributed by atoms with Crippen LogP contribution in [0.25, 0.3) is 0 Å². The molecule has 3 rings (SSSR count). The highest BCUT2D eigenvalue weighted by atomic mass is 16.6. The van der Waals surface area contributed by atoms with E-state index in [4.69, 9.17) is 9.47 Å². The molecular formula is C21H21NO5. The summed E-state index contributed by atoms with van der Waals surface area (Å²) in [5.74, 6) is -0.893. The van der Waals surface area contributed by atoms with Gasteiger partial charge in [0.1, 0.15) is 6.04 Å². The maximum Gasteiger partial charge on any atom is 0.334 e. The van der Waals surface area contributed by atoms with E-state index in [-0.39, 0.29) is 11.7 Å². The number of benzene rings is 2. The molecule has 140 valence electrons. The van der Waals surface area contributed by atoms with E-state index >= 15 is 0 Å². The van der Waals surface area contributed by atoms with E-state index in [1.165, 1.54) is 7.11 Å². The minimum atomic E-state index is -1.01. The van der Waals surface area contributed by atoms with Gasteiger partial charge in [-0.05, 0) is 36.6 Å². The molecule has 2 amide bonds. The zero-order chi connectivity index (χ0) is 19.6. The molecule has 0 aromatic heterocycles. The number of hydrogen-bond acceptors (Lipinski definition) is 5. The van der Waals surface area contributed by atoms with E-state index in [1.807, 2.05) is 13.8 Å². The maximum atomic E-state index is 12.9. The van der Waals surface area contributed by atoms with Gasteiger partial charge in [0.2, 0.25) is 0 Å². The first-order chi connectivity index (χ1) is 12.9. The Kier molecular flexibility index (Phi) is 5.26. The molecule has 27 heavy (non-hydrogen) atoms. The summed E-state index contributed by atoms with van der Waals surface area (Å²) in [4.78, 5) is 39.5.